The van der Waals surface area contributed by atoms with Crippen LogP contribution in [0.2, 0.25) is 0 Å². The molecule has 8 heteroatoms. The van der Waals surface area contributed by atoms with E-state index in [9.17, 15) is 9.59 Å². The van der Waals surface area contributed by atoms with E-state index in [1.54, 1.807) is 11.3 Å². The Morgan fingerprint density at radius 1 is 1.45 bits per heavy atom. The molecule has 3 aromatic rings. The molecule has 0 aliphatic heterocycles. The van der Waals surface area contributed by atoms with Crippen molar-refractivity contribution in [2.45, 2.75) is 5.16 Å². The van der Waals surface area contributed by atoms with Crippen LogP contribution in [0, 0.1) is 0 Å². The highest BCUT2D eigenvalue weighted by atomic mass is 32.2. The van der Waals surface area contributed by atoms with Crippen LogP contribution in [0.3, 0.4) is 0 Å². The minimum atomic E-state index is -0.441. The number of rotatable bonds is 4. The number of primary amides is 1. The molecule has 0 saturated heterocycles. The van der Waals surface area contributed by atoms with E-state index < -0.39 is 5.91 Å². The van der Waals surface area contributed by atoms with Crippen molar-refractivity contribution in [2.24, 2.45) is 5.73 Å². The van der Waals surface area contributed by atoms with Crippen molar-refractivity contribution in [1.82, 2.24) is 9.97 Å². The van der Waals surface area contributed by atoms with Crippen LogP contribution in [-0.2, 0) is 4.79 Å². The number of fused-ring (bicyclic) bond motifs is 1. The summed E-state index contributed by atoms with van der Waals surface area (Å²) in [6, 6.07) is 3.92. The Kier molecular flexibility index (Phi) is 3.60. The summed E-state index contributed by atoms with van der Waals surface area (Å²) in [7, 11) is 0. The summed E-state index contributed by atoms with van der Waals surface area (Å²) >= 11 is 4.14. The molecule has 20 heavy (non-hydrogen) atoms. The number of hydrogen-bond donors (Lipinski definition) is 2. The van der Waals surface area contributed by atoms with Crippen molar-refractivity contribution < 1.29 is 4.79 Å². The summed E-state index contributed by atoms with van der Waals surface area (Å²) in [6.07, 6.45) is 0. The zero-order valence-electron chi connectivity index (χ0n) is 10.1. The highest BCUT2D eigenvalue weighted by Gasteiger charge is 2.13. The summed E-state index contributed by atoms with van der Waals surface area (Å²) in [5.41, 5.74) is 5.80. The van der Waals surface area contributed by atoms with E-state index >= 15 is 0 Å². The second-order valence-electron chi connectivity index (χ2n) is 3.93. The topological polar surface area (TPSA) is 88.8 Å². The van der Waals surface area contributed by atoms with Crippen LogP contribution in [-0.4, -0.2) is 21.6 Å². The Hall–Kier alpha value is -1.64. The molecule has 0 atom stereocenters. The summed E-state index contributed by atoms with van der Waals surface area (Å²) in [4.78, 5) is 31.7. The van der Waals surface area contributed by atoms with E-state index in [1.165, 1.54) is 11.3 Å². The highest BCUT2D eigenvalue weighted by molar-refractivity contribution is 7.99. The maximum Gasteiger partial charge on any atom is 0.260 e. The Labute approximate surface area is 125 Å². The van der Waals surface area contributed by atoms with Crippen LogP contribution < -0.4 is 11.3 Å². The largest absolute Gasteiger partial charge is 0.369 e. The quantitative estimate of drug-likeness (QED) is 0.569. The van der Waals surface area contributed by atoms with Crippen molar-refractivity contribution in [3.63, 3.8) is 0 Å². The maximum absolute atomic E-state index is 12.2. The first kappa shape index (κ1) is 13.3. The lowest BCUT2D eigenvalue weighted by atomic mass is 10.2. The lowest BCUT2D eigenvalue weighted by Gasteiger charge is -1.99. The van der Waals surface area contributed by atoms with Gasteiger partial charge in [0.05, 0.1) is 11.1 Å². The smallest absolute Gasteiger partial charge is 0.260 e. The fourth-order valence-corrected chi connectivity index (χ4v) is 4.17. The number of nitrogens with two attached hydrogens (primary N) is 1. The number of nitrogens with one attached hydrogen (secondary N) is 1. The number of aromatic nitrogens is 2. The lowest BCUT2D eigenvalue weighted by molar-refractivity contribution is -0.115. The number of carbonyl (C=O) groups excluding carboxylic acids is 1. The number of thioether (sulfide) groups is 1. The lowest BCUT2D eigenvalue weighted by Crippen LogP contribution is -2.14. The molecule has 5 nitrogen and oxygen atoms in total. The van der Waals surface area contributed by atoms with Gasteiger partial charge < -0.3 is 10.7 Å². The Bertz CT molecular complexity index is 820. The third kappa shape index (κ3) is 2.49. The van der Waals surface area contributed by atoms with E-state index in [4.69, 9.17) is 5.73 Å². The fourth-order valence-electron chi connectivity index (χ4n) is 1.75. The molecule has 0 aromatic carbocycles. The molecule has 0 radical (unpaired) electrons. The van der Waals surface area contributed by atoms with Gasteiger partial charge in [0.1, 0.15) is 4.83 Å². The molecule has 1 amide bonds. The zero-order valence-corrected chi connectivity index (χ0v) is 12.5. The summed E-state index contributed by atoms with van der Waals surface area (Å²) in [5, 5.41) is 4.92. The SMILES string of the molecule is NC(=O)CSc1nc2scc(-c3cccs3)c2c(=O)[nH]1. The van der Waals surface area contributed by atoms with E-state index in [1.807, 2.05) is 22.9 Å². The standard InChI is InChI=1S/C12H9N3O2S3/c13-8(16)5-20-12-14-10(17)9-6(4-19-11(9)15-12)7-2-1-3-18-7/h1-4H,5H2,(H2,13,16)(H,14,15,17). The molecule has 3 rings (SSSR count). The number of thiophene rings is 2. The zero-order chi connectivity index (χ0) is 14.1. The third-order valence-corrected chi connectivity index (χ3v) is 5.23. The van der Waals surface area contributed by atoms with Gasteiger partial charge in [0.25, 0.3) is 5.56 Å². The van der Waals surface area contributed by atoms with E-state index in [2.05, 4.69) is 9.97 Å². The molecule has 0 unspecified atom stereocenters. The molecule has 0 fully saturated rings. The van der Waals surface area contributed by atoms with Gasteiger partial charge in [-0.05, 0) is 11.4 Å². The minimum absolute atomic E-state index is 0.0948. The predicted molar refractivity (Wildman–Crippen MR) is 83.5 cm³/mol. The van der Waals surface area contributed by atoms with Gasteiger partial charge in [0, 0.05) is 15.8 Å². The minimum Gasteiger partial charge on any atom is -0.369 e. The summed E-state index contributed by atoms with van der Waals surface area (Å²) < 4.78 is 0. The fraction of sp³-hybridized carbons (Fsp3) is 0.0833. The van der Waals surface area contributed by atoms with Crippen molar-refractivity contribution in [2.75, 3.05) is 5.75 Å². The number of amides is 1. The molecule has 3 N–H and O–H groups in total. The summed E-state index contributed by atoms with van der Waals surface area (Å²) in [6.45, 7) is 0. The monoisotopic (exact) mass is 323 g/mol. The molecule has 0 spiro atoms. The first-order valence-electron chi connectivity index (χ1n) is 5.61. The first-order valence-corrected chi connectivity index (χ1v) is 8.36. The molecule has 102 valence electrons. The van der Waals surface area contributed by atoms with Gasteiger partial charge in [0.15, 0.2) is 5.16 Å². The number of H-pyrrole nitrogens is 1. The van der Waals surface area contributed by atoms with Gasteiger partial charge in [-0.15, -0.1) is 22.7 Å². The third-order valence-electron chi connectivity index (χ3n) is 2.56. The van der Waals surface area contributed by atoms with Gasteiger partial charge in [-0.1, -0.05) is 17.8 Å². The van der Waals surface area contributed by atoms with Crippen LogP contribution in [0.5, 0.6) is 0 Å². The maximum atomic E-state index is 12.2. The first-order chi connectivity index (χ1) is 9.65. The van der Waals surface area contributed by atoms with Crippen LogP contribution in [0.4, 0.5) is 0 Å². The molecule has 0 aliphatic rings. The predicted octanol–water partition coefficient (Wildman–Crippen LogP) is 2.29. The average molecular weight is 323 g/mol. The van der Waals surface area contributed by atoms with Crippen molar-refractivity contribution in [3.8, 4) is 10.4 Å². The Balaban J connectivity index is 2.07. The number of nitrogens with zero attached hydrogens (tertiary/aromatic N) is 1. The van der Waals surface area contributed by atoms with Gasteiger partial charge >= 0.3 is 0 Å². The van der Waals surface area contributed by atoms with Crippen LogP contribution in [0.1, 0.15) is 0 Å². The molecule has 3 aromatic heterocycles. The van der Waals surface area contributed by atoms with E-state index in [0.29, 0.717) is 15.4 Å². The number of carbonyl (C=O) groups is 1. The second-order valence-corrected chi connectivity index (χ2v) is 6.70. The van der Waals surface area contributed by atoms with Crippen LogP contribution in [0.25, 0.3) is 20.7 Å². The van der Waals surface area contributed by atoms with Crippen molar-refractivity contribution in [3.05, 3.63) is 33.2 Å². The highest BCUT2D eigenvalue weighted by Crippen LogP contribution is 2.33. The van der Waals surface area contributed by atoms with Gasteiger partial charge in [-0.2, -0.15) is 0 Å². The van der Waals surface area contributed by atoms with Gasteiger partial charge in [-0.3, -0.25) is 9.59 Å². The van der Waals surface area contributed by atoms with Gasteiger partial charge in [-0.25, -0.2) is 4.98 Å². The molecular weight excluding hydrogens is 314 g/mol. The van der Waals surface area contributed by atoms with E-state index in [-0.39, 0.29) is 11.3 Å². The Morgan fingerprint density at radius 2 is 2.30 bits per heavy atom. The van der Waals surface area contributed by atoms with Crippen LogP contribution in [0.15, 0.2) is 32.8 Å². The number of hydrogen-bond acceptors (Lipinski definition) is 6. The van der Waals surface area contributed by atoms with Crippen molar-refractivity contribution >= 4 is 50.6 Å². The molecular formula is C12H9N3O2S3. The second kappa shape index (κ2) is 5.39. The van der Waals surface area contributed by atoms with Crippen molar-refractivity contribution in [1.29, 1.82) is 0 Å². The molecule has 0 aliphatic carbocycles. The summed E-state index contributed by atoms with van der Waals surface area (Å²) in [5.74, 6) is -0.347. The molecule has 0 saturated carbocycles. The Morgan fingerprint density at radius 3 is 3.00 bits per heavy atom. The average Bonchev–Trinajstić information content (AvgIpc) is 3.04. The number of aromatic amines is 1. The van der Waals surface area contributed by atoms with Crippen LogP contribution >= 0.6 is 34.4 Å². The molecule has 3 heterocycles. The van der Waals surface area contributed by atoms with E-state index in [0.717, 1.165) is 22.2 Å². The normalized spacial score (nSPS) is 11.0. The molecule has 0 bridgehead atoms. The van der Waals surface area contributed by atoms with Gasteiger partial charge in [0.2, 0.25) is 5.91 Å².